The first-order valence-electron chi connectivity index (χ1n) is 8.77. The number of nitrogens with two attached hydrogens (primary N) is 1. The zero-order valence-electron chi connectivity index (χ0n) is 14.9. The third-order valence-corrected chi connectivity index (χ3v) is 6.31. The molecule has 0 aromatic carbocycles. The number of amides is 2. The van der Waals surface area contributed by atoms with Crippen LogP contribution in [0.2, 0.25) is 0 Å². The van der Waals surface area contributed by atoms with Crippen molar-refractivity contribution in [3.8, 4) is 0 Å². The van der Waals surface area contributed by atoms with Crippen molar-refractivity contribution < 1.29 is 9.59 Å². The van der Waals surface area contributed by atoms with Gasteiger partial charge in [-0.05, 0) is 45.1 Å². The van der Waals surface area contributed by atoms with E-state index in [-0.39, 0.29) is 17.6 Å². The molecule has 7 nitrogen and oxygen atoms in total. The maximum absolute atomic E-state index is 12.0. The van der Waals surface area contributed by atoms with E-state index in [9.17, 15) is 9.59 Å². The Morgan fingerprint density at radius 1 is 1.31 bits per heavy atom. The number of thiophene rings is 1. The van der Waals surface area contributed by atoms with Gasteiger partial charge in [0, 0.05) is 11.4 Å². The topological polar surface area (TPSA) is 110 Å². The Morgan fingerprint density at radius 2 is 2.08 bits per heavy atom. The molecule has 2 aromatic heterocycles. The van der Waals surface area contributed by atoms with Crippen LogP contribution in [0.4, 0.5) is 5.82 Å². The highest BCUT2D eigenvalue weighted by atomic mass is 32.2. The number of hydrogen-bond donors (Lipinski definition) is 3. The van der Waals surface area contributed by atoms with Crippen LogP contribution in [0.25, 0.3) is 10.2 Å². The Morgan fingerprint density at radius 3 is 2.85 bits per heavy atom. The maximum Gasteiger partial charge on any atom is 0.242 e. The number of rotatable bonds is 6. The minimum atomic E-state index is -0.569. The number of hydrogen-bond acceptors (Lipinski definition) is 7. The van der Waals surface area contributed by atoms with Crippen molar-refractivity contribution in [3.63, 3.8) is 0 Å². The normalized spacial score (nSPS) is 14.7. The van der Waals surface area contributed by atoms with Crippen molar-refractivity contribution in [2.24, 2.45) is 0 Å². The smallest absolute Gasteiger partial charge is 0.242 e. The molecule has 3 rings (SSSR count). The number of thioether (sulfide) groups is 1. The summed E-state index contributed by atoms with van der Waals surface area (Å²) in [5, 5.41) is 6.83. The Labute approximate surface area is 160 Å². The van der Waals surface area contributed by atoms with Crippen LogP contribution in [0, 0.1) is 0 Å². The lowest BCUT2D eigenvalue weighted by atomic mass is 9.97. The summed E-state index contributed by atoms with van der Waals surface area (Å²) >= 11 is 2.92. The van der Waals surface area contributed by atoms with Crippen LogP contribution in [0.5, 0.6) is 0 Å². The number of fused-ring (bicyclic) bond motifs is 3. The number of aromatic nitrogens is 2. The minimum absolute atomic E-state index is 0.139. The first-order chi connectivity index (χ1) is 12.5. The standard InChI is InChI=1S/C17H23N5O2S2/c1-3-19-15(24)9(2)20-12(23)8-25-17-21-14(18)13-10-6-4-5-7-11(10)26-16(13)22-17/h9H,3-8H2,1-2H3,(H,19,24)(H,20,23)(H2,18,21,22)/t9-/m0/s1. The van der Waals surface area contributed by atoms with Crippen LogP contribution in [0.1, 0.15) is 37.1 Å². The summed E-state index contributed by atoms with van der Waals surface area (Å²) in [4.78, 5) is 34.9. The van der Waals surface area contributed by atoms with E-state index in [0.29, 0.717) is 17.5 Å². The van der Waals surface area contributed by atoms with Crippen LogP contribution in [0.15, 0.2) is 5.16 Å². The molecule has 0 spiro atoms. The second kappa shape index (κ2) is 8.22. The Hall–Kier alpha value is -1.87. The molecule has 4 N–H and O–H groups in total. The van der Waals surface area contributed by atoms with E-state index in [2.05, 4.69) is 20.6 Å². The molecular formula is C17H23N5O2S2. The van der Waals surface area contributed by atoms with Gasteiger partial charge in [-0.1, -0.05) is 11.8 Å². The molecule has 1 atom stereocenters. The second-order valence-electron chi connectivity index (χ2n) is 6.25. The van der Waals surface area contributed by atoms with E-state index in [1.165, 1.54) is 35.0 Å². The van der Waals surface area contributed by atoms with E-state index in [1.807, 2.05) is 6.92 Å². The molecule has 0 unspecified atom stereocenters. The van der Waals surface area contributed by atoms with Crippen LogP contribution in [-0.4, -0.2) is 40.1 Å². The van der Waals surface area contributed by atoms with Gasteiger partial charge in [-0.25, -0.2) is 9.97 Å². The summed E-state index contributed by atoms with van der Waals surface area (Å²) in [6, 6.07) is -0.569. The largest absolute Gasteiger partial charge is 0.383 e. The second-order valence-corrected chi connectivity index (χ2v) is 8.28. The van der Waals surface area contributed by atoms with E-state index >= 15 is 0 Å². The van der Waals surface area contributed by atoms with Crippen LogP contribution in [-0.2, 0) is 22.4 Å². The highest BCUT2D eigenvalue weighted by Gasteiger charge is 2.21. The van der Waals surface area contributed by atoms with Crippen LogP contribution < -0.4 is 16.4 Å². The number of nitrogen functional groups attached to an aromatic ring is 1. The lowest BCUT2D eigenvalue weighted by Gasteiger charge is -2.13. The molecule has 2 aromatic rings. The van der Waals surface area contributed by atoms with Crippen molar-refractivity contribution in [1.29, 1.82) is 0 Å². The number of nitrogens with one attached hydrogen (secondary N) is 2. The average Bonchev–Trinajstić information content (AvgIpc) is 2.99. The Kier molecular flexibility index (Phi) is 5.98. The molecule has 26 heavy (non-hydrogen) atoms. The molecule has 1 aliphatic carbocycles. The molecule has 0 saturated carbocycles. The first kappa shape index (κ1) is 18.9. The summed E-state index contributed by atoms with van der Waals surface area (Å²) in [5.41, 5.74) is 7.48. The molecule has 2 heterocycles. The van der Waals surface area contributed by atoms with Gasteiger partial charge in [-0.2, -0.15) is 0 Å². The fourth-order valence-corrected chi connectivity index (χ4v) is 5.02. The molecule has 1 aliphatic rings. The van der Waals surface area contributed by atoms with Crippen LogP contribution in [0.3, 0.4) is 0 Å². The fourth-order valence-electron chi connectivity index (χ4n) is 3.04. The summed E-state index contributed by atoms with van der Waals surface area (Å²) in [6.45, 7) is 4.03. The van der Waals surface area contributed by atoms with Gasteiger partial charge in [0.15, 0.2) is 5.16 Å². The third-order valence-electron chi connectivity index (χ3n) is 4.28. The van der Waals surface area contributed by atoms with Gasteiger partial charge in [0.1, 0.15) is 16.7 Å². The number of nitrogens with zero attached hydrogens (tertiary/aromatic N) is 2. The summed E-state index contributed by atoms with van der Waals surface area (Å²) < 4.78 is 0. The van der Waals surface area contributed by atoms with Crippen molar-refractivity contribution in [3.05, 3.63) is 10.4 Å². The molecular weight excluding hydrogens is 370 g/mol. The number of carbonyl (C=O) groups excluding carboxylic acids is 2. The van der Waals surface area contributed by atoms with Gasteiger partial charge in [-0.15, -0.1) is 11.3 Å². The zero-order chi connectivity index (χ0) is 18.7. The molecule has 2 amide bonds. The highest BCUT2D eigenvalue weighted by Crippen LogP contribution is 2.38. The highest BCUT2D eigenvalue weighted by molar-refractivity contribution is 7.99. The average molecular weight is 394 g/mol. The number of likely N-dealkylation sites (N-methyl/N-ethyl adjacent to an activating group) is 1. The maximum atomic E-state index is 12.0. The monoisotopic (exact) mass is 393 g/mol. The minimum Gasteiger partial charge on any atom is -0.383 e. The predicted molar refractivity (Wildman–Crippen MR) is 105 cm³/mol. The van der Waals surface area contributed by atoms with E-state index in [1.54, 1.807) is 18.3 Å². The first-order valence-corrected chi connectivity index (χ1v) is 10.6. The van der Waals surface area contributed by atoms with Gasteiger partial charge in [-0.3, -0.25) is 9.59 Å². The quantitative estimate of drug-likeness (QED) is 0.511. The molecule has 140 valence electrons. The van der Waals surface area contributed by atoms with Crippen molar-refractivity contribution >= 4 is 50.9 Å². The molecule has 0 fully saturated rings. The van der Waals surface area contributed by atoms with E-state index < -0.39 is 6.04 Å². The van der Waals surface area contributed by atoms with E-state index in [4.69, 9.17) is 5.73 Å². The van der Waals surface area contributed by atoms with Gasteiger partial charge >= 0.3 is 0 Å². The van der Waals surface area contributed by atoms with E-state index in [0.717, 1.165) is 23.1 Å². The van der Waals surface area contributed by atoms with Gasteiger partial charge < -0.3 is 16.4 Å². The predicted octanol–water partition coefficient (Wildman–Crippen LogP) is 1.89. The Balaban J connectivity index is 1.66. The SMILES string of the molecule is CCNC(=O)[C@H](C)NC(=O)CSc1nc(N)c2c3c(sc2n1)CCCC3. The zero-order valence-corrected chi connectivity index (χ0v) is 16.6. The van der Waals surface area contributed by atoms with Crippen molar-refractivity contribution in [2.75, 3.05) is 18.0 Å². The molecule has 0 aliphatic heterocycles. The Bertz CT molecular complexity index is 836. The van der Waals surface area contributed by atoms with Gasteiger partial charge in [0.2, 0.25) is 11.8 Å². The third kappa shape index (κ3) is 4.09. The molecule has 0 bridgehead atoms. The van der Waals surface area contributed by atoms with Crippen LogP contribution >= 0.6 is 23.1 Å². The lowest BCUT2D eigenvalue weighted by Crippen LogP contribution is -2.45. The molecule has 0 saturated heterocycles. The number of carbonyl (C=O) groups is 2. The summed E-state index contributed by atoms with van der Waals surface area (Å²) in [5.74, 6) is 0.200. The summed E-state index contributed by atoms with van der Waals surface area (Å²) in [6.07, 6.45) is 4.51. The molecule has 0 radical (unpaired) electrons. The van der Waals surface area contributed by atoms with Gasteiger partial charge in [0.25, 0.3) is 0 Å². The summed E-state index contributed by atoms with van der Waals surface area (Å²) in [7, 11) is 0. The number of aryl methyl sites for hydroxylation is 2. The number of anilines is 1. The van der Waals surface area contributed by atoms with Crippen molar-refractivity contribution in [1.82, 2.24) is 20.6 Å². The molecule has 9 heteroatoms. The lowest BCUT2D eigenvalue weighted by molar-refractivity contribution is -0.127. The van der Waals surface area contributed by atoms with Crippen molar-refractivity contribution in [2.45, 2.75) is 50.7 Å². The van der Waals surface area contributed by atoms with Gasteiger partial charge in [0.05, 0.1) is 11.1 Å². The fraction of sp³-hybridized carbons (Fsp3) is 0.529.